The number of benzene rings is 3. The van der Waals surface area contributed by atoms with E-state index in [1.807, 2.05) is 73.0 Å². The van der Waals surface area contributed by atoms with E-state index in [2.05, 4.69) is 28.1 Å². The molecule has 5 heteroatoms. The van der Waals surface area contributed by atoms with Crippen LogP contribution in [0.4, 0.5) is 0 Å². The number of amides is 1. The molecule has 4 rings (SSSR count). The molecule has 0 fully saturated rings. The summed E-state index contributed by atoms with van der Waals surface area (Å²) in [5.41, 5.74) is 3.50. The van der Waals surface area contributed by atoms with Gasteiger partial charge in [0.1, 0.15) is 0 Å². The highest BCUT2D eigenvalue weighted by atomic mass is 79.9. The summed E-state index contributed by atoms with van der Waals surface area (Å²) in [7, 11) is 0. The maximum atomic E-state index is 13.1. The van der Waals surface area contributed by atoms with Gasteiger partial charge in [0, 0.05) is 21.5 Å². The highest BCUT2D eigenvalue weighted by Gasteiger charge is 2.40. The SMILES string of the molecule is CSc1ccc(CN2C(=O)C(O)=C(c3ccccc3)[C@H]2c2ccc(Br)cc2)cc1. The monoisotopic (exact) mass is 465 g/mol. The number of nitrogens with zero attached hydrogens (tertiary/aromatic N) is 1. The molecular weight excluding hydrogens is 446 g/mol. The van der Waals surface area contributed by atoms with E-state index in [0.29, 0.717) is 12.1 Å². The fraction of sp³-hybridized carbons (Fsp3) is 0.125. The number of aliphatic hydroxyl groups excluding tert-OH is 1. The summed E-state index contributed by atoms with van der Waals surface area (Å²) in [6.45, 7) is 0.425. The maximum Gasteiger partial charge on any atom is 0.290 e. The fourth-order valence-electron chi connectivity index (χ4n) is 3.65. The molecule has 1 atom stereocenters. The van der Waals surface area contributed by atoms with Crippen molar-refractivity contribution >= 4 is 39.2 Å². The van der Waals surface area contributed by atoms with Crippen LogP contribution in [0.5, 0.6) is 0 Å². The third-order valence-electron chi connectivity index (χ3n) is 5.09. The minimum Gasteiger partial charge on any atom is -0.503 e. The Kier molecular flexibility index (Phi) is 5.79. The molecule has 0 bridgehead atoms. The molecule has 1 aliphatic rings. The predicted octanol–water partition coefficient (Wildman–Crippen LogP) is 6.22. The molecule has 1 aliphatic heterocycles. The molecule has 0 aliphatic carbocycles. The number of rotatable bonds is 5. The first kappa shape index (κ1) is 19.8. The van der Waals surface area contributed by atoms with Crippen LogP contribution in [0.15, 0.2) is 94.0 Å². The van der Waals surface area contributed by atoms with Gasteiger partial charge >= 0.3 is 0 Å². The topological polar surface area (TPSA) is 40.5 Å². The summed E-state index contributed by atoms with van der Waals surface area (Å²) in [6.07, 6.45) is 2.04. The first-order chi connectivity index (χ1) is 14.1. The van der Waals surface area contributed by atoms with Gasteiger partial charge in [0.25, 0.3) is 5.91 Å². The summed E-state index contributed by atoms with van der Waals surface area (Å²) >= 11 is 5.16. The predicted molar refractivity (Wildman–Crippen MR) is 122 cm³/mol. The van der Waals surface area contributed by atoms with E-state index < -0.39 is 0 Å². The molecule has 0 unspecified atom stereocenters. The Bertz CT molecular complexity index is 1050. The Morgan fingerprint density at radius 1 is 0.966 bits per heavy atom. The molecule has 0 aromatic heterocycles. The fourth-order valence-corrected chi connectivity index (χ4v) is 4.32. The van der Waals surface area contributed by atoms with Crippen molar-refractivity contribution in [1.29, 1.82) is 0 Å². The van der Waals surface area contributed by atoms with Crippen molar-refractivity contribution in [3.05, 3.63) is 106 Å². The highest BCUT2D eigenvalue weighted by Crippen LogP contribution is 2.43. The van der Waals surface area contributed by atoms with Crippen molar-refractivity contribution in [1.82, 2.24) is 4.90 Å². The summed E-state index contributed by atoms with van der Waals surface area (Å²) in [6, 6.07) is 25.4. The average molecular weight is 466 g/mol. The molecular formula is C24H20BrNO2S. The van der Waals surface area contributed by atoms with Crippen molar-refractivity contribution in [2.45, 2.75) is 17.5 Å². The Morgan fingerprint density at radius 3 is 2.24 bits per heavy atom. The summed E-state index contributed by atoms with van der Waals surface area (Å²) in [4.78, 5) is 16.0. The number of aliphatic hydroxyl groups is 1. The van der Waals surface area contributed by atoms with Crippen molar-refractivity contribution in [3.63, 3.8) is 0 Å². The highest BCUT2D eigenvalue weighted by molar-refractivity contribution is 9.10. The van der Waals surface area contributed by atoms with Crippen LogP contribution in [0.25, 0.3) is 5.57 Å². The number of hydrogen-bond donors (Lipinski definition) is 1. The van der Waals surface area contributed by atoms with Crippen molar-refractivity contribution in [2.75, 3.05) is 6.26 Å². The van der Waals surface area contributed by atoms with Crippen LogP contribution in [0.3, 0.4) is 0 Å². The average Bonchev–Trinajstić information content (AvgIpc) is 3.00. The van der Waals surface area contributed by atoms with Gasteiger partial charge in [0.15, 0.2) is 5.76 Å². The summed E-state index contributed by atoms with van der Waals surface area (Å²) in [5, 5.41) is 10.8. The first-order valence-corrected chi connectivity index (χ1v) is 11.3. The van der Waals surface area contributed by atoms with E-state index in [-0.39, 0.29) is 17.7 Å². The van der Waals surface area contributed by atoms with Crippen LogP contribution in [0, 0.1) is 0 Å². The molecule has 146 valence electrons. The minimum absolute atomic E-state index is 0.176. The van der Waals surface area contributed by atoms with Crippen molar-refractivity contribution in [2.24, 2.45) is 0 Å². The molecule has 0 saturated carbocycles. The third-order valence-corrected chi connectivity index (χ3v) is 6.36. The van der Waals surface area contributed by atoms with Gasteiger partial charge in [-0.25, -0.2) is 0 Å². The van der Waals surface area contributed by atoms with Gasteiger partial charge in [-0.15, -0.1) is 11.8 Å². The normalized spacial score (nSPS) is 16.6. The molecule has 29 heavy (non-hydrogen) atoms. The van der Waals surface area contributed by atoms with Gasteiger partial charge in [-0.3, -0.25) is 4.79 Å². The van der Waals surface area contributed by atoms with Gasteiger partial charge in [0.2, 0.25) is 0 Å². The van der Waals surface area contributed by atoms with E-state index in [9.17, 15) is 9.90 Å². The molecule has 1 heterocycles. The lowest BCUT2D eigenvalue weighted by molar-refractivity contribution is -0.130. The zero-order chi connectivity index (χ0) is 20.4. The second kappa shape index (κ2) is 8.47. The van der Waals surface area contributed by atoms with Gasteiger partial charge in [-0.05, 0) is 47.2 Å². The van der Waals surface area contributed by atoms with E-state index in [4.69, 9.17) is 0 Å². The molecule has 3 aromatic carbocycles. The van der Waals surface area contributed by atoms with Crippen LogP contribution < -0.4 is 0 Å². The number of carbonyl (C=O) groups excluding carboxylic acids is 1. The third kappa shape index (κ3) is 3.98. The molecule has 0 radical (unpaired) electrons. The Hall–Kier alpha value is -2.50. The molecule has 1 N–H and O–H groups in total. The lowest BCUT2D eigenvalue weighted by Crippen LogP contribution is -2.29. The quantitative estimate of drug-likeness (QED) is 0.454. The second-order valence-corrected chi connectivity index (χ2v) is 8.66. The molecule has 0 saturated heterocycles. The van der Waals surface area contributed by atoms with E-state index in [1.165, 1.54) is 4.90 Å². The maximum absolute atomic E-state index is 13.1. The lowest BCUT2D eigenvalue weighted by Gasteiger charge is -2.27. The first-order valence-electron chi connectivity index (χ1n) is 9.26. The smallest absolute Gasteiger partial charge is 0.290 e. The zero-order valence-electron chi connectivity index (χ0n) is 15.9. The van der Waals surface area contributed by atoms with Crippen LogP contribution in [0.2, 0.25) is 0 Å². The molecule has 3 nitrogen and oxygen atoms in total. The number of hydrogen-bond acceptors (Lipinski definition) is 3. The number of carbonyl (C=O) groups is 1. The summed E-state index contributed by atoms with van der Waals surface area (Å²) in [5.74, 6) is -0.518. The Balaban J connectivity index is 1.77. The summed E-state index contributed by atoms with van der Waals surface area (Å²) < 4.78 is 0.972. The van der Waals surface area contributed by atoms with Crippen LogP contribution in [-0.2, 0) is 11.3 Å². The minimum atomic E-state index is -0.349. The van der Waals surface area contributed by atoms with Gasteiger partial charge in [0.05, 0.1) is 6.04 Å². The van der Waals surface area contributed by atoms with Gasteiger partial charge in [-0.2, -0.15) is 0 Å². The molecule has 0 spiro atoms. The Morgan fingerprint density at radius 2 is 1.62 bits per heavy atom. The van der Waals surface area contributed by atoms with Crippen LogP contribution in [0.1, 0.15) is 22.7 Å². The van der Waals surface area contributed by atoms with Crippen molar-refractivity contribution < 1.29 is 9.90 Å². The second-order valence-electron chi connectivity index (χ2n) is 6.86. The number of halogens is 1. The molecule has 3 aromatic rings. The van der Waals surface area contributed by atoms with Gasteiger partial charge < -0.3 is 10.0 Å². The largest absolute Gasteiger partial charge is 0.503 e. The van der Waals surface area contributed by atoms with Crippen molar-refractivity contribution in [3.8, 4) is 0 Å². The number of thioether (sulfide) groups is 1. The Labute approximate surface area is 183 Å². The van der Waals surface area contributed by atoms with Gasteiger partial charge in [-0.1, -0.05) is 70.5 Å². The standard InChI is InChI=1S/C24H20BrNO2S/c1-29-20-13-7-16(8-14-20)15-26-22(18-9-11-19(25)12-10-18)21(23(27)24(26)28)17-5-3-2-4-6-17/h2-14,22,27H,15H2,1H3/t22-/m1/s1. The molecule has 1 amide bonds. The lowest BCUT2D eigenvalue weighted by atomic mass is 9.93. The van der Waals surface area contributed by atoms with E-state index >= 15 is 0 Å². The zero-order valence-corrected chi connectivity index (χ0v) is 18.3. The van der Waals surface area contributed by atoms with E-state index in [0.717, 1.165) is 21.2 Å². The van der Waals surface area contributed by atoms with Crippen LogP contribution >= 0.6 is 27.7 Å². The van der Waals surface area contributed by atoms with E-state index in [1.54, 1.807) is 16.7 Å². The van der Waals surface area contributed by atoms with Crippen LogP contribution in [-0.4, -0.2) is 22.2 Å².